The highest BCUT2D eigenvalue weighted by molar-refractivity contribution is 7.10. The molecule has 2 N–H and O–H groups in total. The van der Waals surface area contributed by atoms with Gasteiger partial charge in [0.15, 0.2) is 0 Å². The van der Waals surface area contributed by atoms with Gasteiger partial charge in [-0.05, 0) is 18.2 Å². The Kier molecular flexibility index (Phi) is 3.27. The number of aromatic amines is 1. The second-order valence-electron chi connectivity index (χ2n) is 4.22. The second kappa shape index (κ2) is 5.22. The average molecular weight is 268 g/mol. The number of benzene rings is 1. The van der Waals surface area contributed by atoms with Crippen LogP contribution < -0.4 is 5.32 Å². The zero-order valence-corrected chi connectivity index (χ0v) is 11.0. The molecule has 0 fully saturated rings. The lowest BCUT2D eigenvalue weighted by Gasteiger charge is -1.99. The van der Waals surface area contributed by atoms with Crippen LogP contribution in [0.1, 0.15) is 16.3 Å². The van der Waals surface area contributed by atoms with Crippen molar-refractivity contribution in [3.63, 3.8) is 0 Å². The van der Waals surface area contributed by atoms with Crippen molar-refractivity contribution in [3.05, 3.63) is 52.0 Å². The number of aromatic nitrogens is 2. The fraction of sp³-hybridized carbons (Fsp3) is 0.143. The summed E-state index contributed by atoms with van der Waals surface area (Å²) in [4.78, 5) is 8.93. The maximum Gasteiger partial charge on any atom is 0.121 e. The summed E-state index contributed by atoms with van der Waals surface area (Å²) >= 11 is 1.60. The molecule has 0 bridgehead atoms. The van der Waals surface area contributed by atoms with Gasteiger partial charge in [-0.3, -0.25) is 0 Å². The van der Waals surface area contributed by atoms with E-state index in [-0.39, 0.29) is 0 Å². The SMILES string of the molecule is N#Cc1csc(CNCc2nc3ccccc3[nH]2)c1. The van der Waals surface area contributed by atoms with Gasteiger partial charge >= 0.3 is 0 Å². The van der Waals surface area contributed by atoms with Crippen LogP contribution >= 0.6 is 11.3 Å². The van der Waals surface area contributed by atoms with Crippen LogP contribution in [0.15, 0.2) is 35.7 Å². The van der Waals surface area contributed by atoms with E-state index in [1.54, 1.807) is 11.3 Å². The molecule has 0 atom stereocenters. The van der Waals surface area contributed by atoms with Crippen molar-refractivity contribution in [2.24, 2.45) is 0 Å². The van der Waals surface area contributed by atoms with E-state index in [0.717, 1.165) is 33.8 Å². The molecule has 0 aliphatic rings. The van der Waals surface area contributed by atoms with Gasteiger partial charge < -0.3 is 10.3 Å². The zero-order valence-electron chi connectivity index (χ0n) is 10.2. The summed E-state index contributed by atoms with van der Waals surface area (Å²) < 4.78 is 0. The van der Waals surface area contributed by atoms with Crippen LogP contribution in [0.5, 0.6) is 0 Å². The van der Waals surface area contributed by atoms with E-state index in [1.165, 1.54) is 0 Å². The number of thiophene rings is 1. The Morgan fingerprint density at radius 3 is 3.00 bits per heavy atom. The smallest absolute Gasteiger partial charge is 0.121 e. The number of nitrogens with zero attached hydrogens (tertiary/aromatic N) is 2. The minimum absolute atomic E-state index is 0.689. The number of hydrogen-bond acceptors (Lipinski definition) is 4. The molecule has 94 valence electrons. The van der Waals surface area contributed by atoms with Crippen LogP contribution in [0.2, 0.25) is 0 Å². The summed E-state index contributed by atoms with van der Waals surface area (Å²) in [6.45, 7) is 1.44. The molecular formula is C14H12N4S. The number of H-pyrrole nitrogens is 1. The van der Waals surface area contributed by atoms with Crippen molar-refractivity contribution in [2.75, 3.05) is 0 Å². The molecule has 4 nitrogen and oxygen atoms in total. The minimum Gasteiger partial charge on any atom is -0.341 e. The standard InChI is InChI=1S/C14H12N4S/c15-6-10-5-11(19-9-10)7-16-8-14-17-12-3-1-2-4-13(12)18-14/h1-5,9,16H,7-8H2,(H,17,18). The lowest BCUT2D eigenvalue weighted by Crippen LogP contribution is -2.12. The highest BCUT2D eigenvalue weighted by Gasteiger charge is 2.02. The summed E-state index contributed by atoms with van der Waals surface area (Å²) in [5.74, 6) is 0.929. The van der Waals surface area contributed by atoms with Gasteiger partial charge in [0.05, 0.1) is 23.1 Å². The summed E-state index contributed by atoms with van der Waals surface area (Å²) in [7, 11) is 0. The van der Waals surface area contributed by atoms with Gasteiger partial charge in [-0.2, -0.15) is 5.26 Å². The van der Waals surface area contributed by atoms with Gasteiger partial charge in [-0.15, -0.1) is 11.3 Å². The van der Waals surface area contributed by atoms with Gasteiger partial charge in [0.2, 0.25) is 0 Å². The highest BCUT2D eigenvalue weighted by Crippen LogP contribution is 2.14. The molecule has 0 radical (unpaired) electrons. The summed E-state index contributed by atoms with van der Waals surface area (Å²) in [5.41, 5.74) is 2.77. The van der Waals surface area contributed by atoms with E-state index in [2.05, 4.69) is 21.4 Å². The van der Waals surface area contributed by atoms with Crippen molar-refractivity contribution in [1.82, 2.24) is 15.3 Å². The molecule has 2 heterocycles. The van der Waals surface area contributed by atoms with Crippen molar-refractivity contribution in [2.45, 2.75) is 13.1 Å². The predicted octanol–water partition coefficient (Wildman–Crippen LogP) is 2.79. The summed E-state index contributed by atoms with van der Waals surface area (Å²) in [6, 6.07) is 12.0. The third-order valence-electron chi connectivity index (χ3n) is 2.81. The Morgan fingerprint density at radius 2 is 2.21 bits per heavy atom. The molecule has 0 amide bonds. The normalized spacial score (nSPS) is 10.7. The van der Waals surface area contributed by atoms with Crippen molar-refractivity contribution in [1.29, 1.82) is 5.26 Å². The average Bonchev–Trinajstić information content (AvgIpc) is 3.04. The largest absolute Gasteiger partial charge is 0.341 e. The molecular weight excluding hydrogens is 256 g/mol. The Labute approximate surface area is 114 Å². The van der Waals surface area contributed by atoms with Crippen molar-refractivity contribution >= 4 is 22.4 Å². The lowest BCUT2D eigenvalue weighted by atomic mass is 10.3. The van der Waals surface area contributed by atoms with E-state index in [4.69, 9.17) is 5.26 Å². The molecule has 19 heavy (non-hydrogen) atoms. The van der Waals surface area contributed by atoms with Crippen LogP contribution in [0.4, 0.5) is 0 Å². The molecule has 3 rings (SSSR count). The number of nitriles is 1. The first kappa shape index (κ1) is 11.9. The van der Waals surface area contributed by atoms with Gasteiger partial charge in [0.25, 0.3) is 0 Å². The van der Waals surface area contributed by atoms with Crippen LogP contribution in [0, 0.1) is 11.3 Å². The maximum atomic E-state index is 8.76. The van der Waals surface area contributed by atoms with Crippen molar-refractivity contribution in [3.8, 4) is 6.07 Å². The molecule has 0 saturated carbocycles. The van der Waals surface area contributed by atoms with Crippen LogP contribution in [-0.4, -0.2) is 9.97 Å². The number of rotatable bonds is 4. The molecule has 0 saturated heterocycles. The topological polar surface area (TPSA) is 64.5 Å². The van der Waals surface area contributed by atoms with E-state index in [1.807, 2.05) is 35.7 Å². The quantitative estimate of drug-likeness (QED) is 0.764. The molecule has 0 unspecified atom stereocenters. The molecule has 0 aliphatic carbocycles. The molecule has 0 spiro atoms. The molecule has 1 aromatic carbocycles. The highest BCUT2D eigenvalue weighted by atomic mass is 32.1. The molecule has 0 aliphatic heterocycles. The summed E-state index contributed by atoms with van der Waals surface area (Å²) in [6.07, 6.45) is 0. The van der Waals surface area contributed by atoms with Crippen LogP contribution in [0.3, 0.4) is 0 Å². The van der Waals surface area contributed by atoms with E-state index in [9.17, 15) is 0 Å². The fourth-order valence-corrected chi connectivity index (χ4v) is 2.70. The number of nitrogens with one attached hydrogen (secondary N) is 2. The zero-order chi connectivity index (χ0) is 13.1. The lowest BCUT2D eigenvalue weighted by molar-refractivity contribution is 0.677. The van der Waals surface area contributed by atoms with Crippen molar-refractivity contribution < 1.29 is 0 Å². The van der Waals surface area contributed by atoms with Gasteiger partial charge in [-0.25, -0.2) is 4.98 Å². The number of fused-ring (bicyclic) bond motifs is 1. The molecule has 5 heteroatoms. The molecule has 2 aromatic heterocycles. The van der Waals surface area contributed by atoms with E-state index < -0.39 is 0 Å². The second-order valence-corrected chi connectivity index (χ2v) is 5.21. The first-order chi connectivity index (χ1) is 9.35. The first-order valence-corrected chi connectivity index (χ1v) is 6.85. The Hall–Kier alpha value is -2.16. The van der Waals surface area contributed by atoms with Gasteiger partial charge in [-0.1, -0.05) is 12.1 Å². The monoisotopic (exact) mass is 268 g/mol. The summed E-state index contributed by atoms with van der Waals surface area (Å²) in [5, 5.41) is 14.0. The predicted molar refractivity (Wildman–Crippen MR) is 75.7 cm³/mol. The number of hydrogen-bond donors (Lipinski definition) is 2. The fourth-order valence-electron chi connectivity index (χ4n) is 1.93. The molecule has 3 aromatic rings. The number of imidazole rings is 1. The Balaban J connectivity index is 1.61. The van der Waals surface area contributed by atoms with E-state index >= 15 is 0 Å². The maximum absolute atomic E-state index is 8.76. The minimum atomic E-state index is 0.689. The first-order valence-electron chi connectivity index (χ1n) is 5.97. The van der Waals surface area contributed by atoms with E-state index in [0.29, 0.717) is 6.54 Å². The Bertz CT molecular complexity index is 702. The van der Waals surface area contributed by atoms with Gasteiger partial charge in [0, 0.05) is 16.8 Å². The number of para-hydroxylation sites is 2. The van der Waals surface area contributed by atoms with Gasteiger partial charge in [0.1, 0.15) is 11.9 Å². The third-order valence-corrected chi connectivity index (χ3v) is 3.75. The Morgan fingerprint density at radius 1 is 1.32 bits per heavy atom. The van der Waals surface area contributed by atoms with Crippen LogP contribution in [0.25, 0.3) is 11.0 Å². The third kappa shape index (κ3) is 2.65. The van der Waals surface area contributed by atoms with Crippen LogP contribution in [-0.2, 0) is 13.1 Å².